The molecule has 0 aliphatic rings. The topological polar surface area (TPSA) is 99.8 Å². The summed E-state index contributed by atoms with van der Waals surface area (Å²) >= 11 is 0. The Hall–Kier alpha value is -3.69. The van der Waals surface area contributed by atoms with Gasteiger partial charge < -0.3 is 15.6 Å². The number of carbonyl (C=O) groups is 2. The maximum absolute atomic E-state index is 12.5. The standard InChI is InChI=1S/C24H26F3N5O2/c1-15(2)21(19(33)8-10-24(25,26)27)31-20-9-11-28-22(32-20)17-12-18(29-14-17)23(34)30-13-16-6-4-3-5-7-16/h3-7,9,11-12,14-15,21,29H,8,10,13H2,1-2H3,(H,30,34)(H,28,31,32)/t21-/m1/s1. The van der Waals surface area contributed by atoms with E-state index >= 15 is 0 Å². The number of anilines is 1. The van der Waals surface area contributed by atoms with Crippen molar-refractivity contribution in [2.24, 2.45) is 5.92 Å². The van der Waals surface area contributed by atoms with Crippen LogP contribution in [0.5, 0.6) is 0 Å². The first-order valence-electron chi connectivity index (χ1n) is 10.8. The zero-order valence-electron chi connectivity index (χ0n) is 18.8. The summed E-state index contributed by atoms with van der Waals surface area (Å²) in [5, 5.41) is 5.76. The van der Waals surface area contributed by atoms with E-state index in [0.717, 1.165) is 5.56 Å². The molecule has 0 aliphatic carbocycles. The fourth-order valence-corrected chi connectivity index (χ4v) is 3.30. The molecule has 0 radical (unpaired) electrons. The van der Waals surface area contributed by atoms with E-state index in [1.807, 2.05) is 30.3 Å². The van der Waals surface area contributed by atoms with Crippen molar-refractivity contribution in [2.45, 2.75) is 45.5 Å². The van der Waals surface area contributed by atoms with Crippen molar-refractivity contribution in [1.82, 2.24) is 20.3 Å². The van der Waals surface area contributed by atoms with Gasteiger partial charge in [-0.25, -0.2) is 9.97 Å². The second-order valence-electron chi connectivity index (χ2n) is 8.18. The zero-order valence-corrected chi connectivity index (χ0v) is 18.8. The average Bonchev–Trinajstić information content (AvgIpc) is 3.30. The minimum absolute atomic E-state index is 0.244. The highest BCUT2D eigenvalue weighted by Gasteiger charge is 2.31. The maximum Gasteiger partial charge on any atom is 0.389 e. The van der Waals surface area contributed by atoms with E-state index in [2.05, 4.69) is 25.6 Å². The highest BCUT2D eigenvalue weighted by Crippen LogP contribution is 2.24. The van der Waals surface area contributed by atoms with Gasteiger partial charge in [-0.3, -0.25) is 9.59 Å². The number of Topliss-reactive ketones (excluding diaryl/α,β-unsaturated/α-hetero) is 1. The van der Waals surface area contributed by atoms with Crippen molar-refractivity contribution in [1.29, 1.82) is 0 Å². The molecule has 1 aromatic carbocycles. The zero-order chi connectivity index (χ0) is 24.7. The lowest BCUT2D eigenvalue weighted by Gasteiger charge is -2.22. The Morgan fingerprint density at radius 2 is 1.85 bits per heavy atom. The van der Waals surface area contributed by atoms with Crippen molar-refractivity contribution in [2.75, 3.05) is 5.32 Å². The highest BCUT2D eigenvalue weighted by molar-refractivity contribution is 5.93. The summed E-state index contributed by atoms with van der Waals surface area (Å²) < 4.78 is 37.6. The summed E-state index contributed by atoms with van der Waals surface area (Å²) in [6, 6.07) is 11.8. The van der Waals surface area contributed by atoms with Crippen molar-refractivity contribution >= 4 is 17.5 Å². The summed E-state index contributed by atoms with van der Waals surface area (Å²) in [7, 11) is 0. The van der Waals surface area contributed by atoms with E-state index < -0.39 is 30.8 Å². The predicted molar refractivity (Wildman–Crippen MR) is 122 cm³/mol. The lowest BCUT2D eigenvalue weighted by atomic mass is 9.97. The lowest BCUT2D eigenvalue weighted by Crippen LogP contribution is -2.35. The number of aromatic nitrogens is 3. The van der Waals surface area contributed by atoms with E-state index in [-0.39, 0.29) is 11.8 Å². The first kappa shape index (κ1) is 24.9. The number of H-pyrrole nitrogens is 1. The second-order valence-corrected chi connectivity index (χ2v) is 8.18. The number of nitrogens with one attached hydrogen (secondary N) is 3. The molecule has 0 aliphatic heterocycles. The van der Waals surface area contributed by atoms with Gasteiger partial charge in [-0.2, -0.15) is 13.2 Å². The molecule has 180 valence electrons. The van der Waals surface area contributed by atoms with Crippen LogP contribution in [0.25, 0.3) is 11.4 Å². The summed E-state index contributed by atoms with van der Waals surface area (Å²) in [6.45, 7) is 3.87. The molecule has 0 saturated carbocycles. The van der Waals surface area contributed by atoms with Crippen molar-refractivity contribution in [3.8, 4) is 11.4 Å². The van der Waals surface area contributed by atoms with Crippen LogP contribution in [0.15, 0.2) is 54.9 Å². The molecular formula is C24H26F3N5O2. The van der Waals surface area contributed by atoms with Gasteiger partial charge in [0, 0.05) is 30.9 Å². The number of alkyl halides is 3. The first-order chi connectivity index (χ1) is 16.1. The van der Waals surface area contributed by atoms with Crippen LogP contribution < -0.4 is 10.6 Å². The fraction of sp³-hybridized carbons (Fsp3) is 0.333. The number of benzene rings is 1. The van der Waals surface area contributed by atoms with Crippen LogP contribution >= 0.6 is 0 Å². The molecule has 2 aromatic heterocycles. The van der Waals surface area contributed by atoms with E-state index in [4.69, 9.17) is 0 Å². The van der Waals surface area contributed by atoms with Crippen LogP contribution in [0.2, 0.25) is 0 Å². The molecule has 34 heavy (non-hydrogen) atoms. The van der Waals surface area contributed by atoms with Gasteiger partial charge >= 0.3 is 6.18 Å². The number of carbonyl (C=O) groups excluding carboxylic acids is 2. The molecule has 0 spiro atoms. The number of aromatic amines is 1. The summed E-state index contributed by atoms with van der Waals surface area (Å²) in [5.41, 5.74) is 1.85. The molecule has 0 saturated heterocycles. The normalized spacial score (nSPS) is 12.4. The molecule has 10 heteroatoms. The molecule has 7 nitrogen and oxygen atoms in total. The number of nitrogens with zero attached hydrogens (tertiary/aromatic N) is 2. The van der Waals surface area contributed by atoms with Gasteiger partial charge in [0.05, 0.1) is 12.5 Å². The highest BCUT2D eigenvalue weighted by atomic mass is 19.4. The summed E-state index contributed by atoms with van der Waals surface area (Å²) in [5.74, 6) is -0.466. The number of ketones is 1. The molecule has 0 bridgehead atoms. The average molecular weight is 473 g/mol. The molecular weight excluding hydrogens is 447 g/mol. The molecule has 0 fully saturated rings. The SMILES string of the molecule is CC(C)[C@@H](Nc1ccnc(-c2c[nH]c(C(=O)NCc3ccccc3)c2)n1)C(=O)CCC(F)(F)F. The molecule has 3 N–H and O–H groups in total. The van der Waals surface area contributed by atoms with Crippen LogP contribution in [0.4, 0.5) is 19.0 Å². The van der Waals surface area contributed by atoms with Crippen LogP contribution in [0, 0.1) is 5.92 Å². The number of rotatable bonds is 10. The van der Waals surface area contributed by atoms with Crippen LogP contribution in [-0.2, 0) is 11.3 Å². The van der Waals surface area contributed by atoms with Crippen molar-refractivity contribution < 1.29 is 22.8 Å². The Kier molecular flexibility index (Phi) is 8.04. The van der Waals surface area contributed by atoms with E-state index in [9.17, 15) is 22.8 Å². The van der Waals surface area contributed by atoms with Gasteiger partial charge in [-0.05, 0) is 23.6 Å². The molecule has 2 heterocycles. The maximum atomic E-state index is 12.5. The minimum Gasteiger partial charge on any atom is -0.360 e. The monoisotopic (exact) mass is 473 g/mol. The number of amides is 1. The van der Waals surface area contributed by atoms with Gasteiger partial charge in [0.25, 0.3) is 5.91 Å². The molecule has 1 atom stereocenters. The summed E-state index contributed by atoms with van der Waals surface area (Å²) in [4.78, 5) is 36.3. The third-order valence-corrected chi connectivity index (χ3v) is 5.11. The Morgan fingerprint density at radius 3 is 2.53 bits per heavy atom. The molecule has 3 rings (SSSR count). The first-order valence-corrected chi connectivity index (χ1v) is 10.8. The number of halogens is 3. The molecule has 0 unspecified atom stereocenters. The summed E-state index contributed by atoms with van der Waals surface area (Å²) in [6.07, 6.45) is -3.09. The molecule has 3 aromatic rings. The van der Waals surface area contributed by atoms with Gasteiger partial charge in [0.2, 0.25) is 0 Å². The van der Waals surface area contributed by atoms with Gasteiger partial charge in [-0.1, -0.05) is 44.2 Å². The van der Waals surface area contributed by atoms with Crippen molar-refractivity contribution in [3.05, 3.63) is 66.1 Å². The Balaban J connectivity index is 1.67. The quantitative estimate of drug-likeness (QED) is 0.395. The smallest absolute Gasteiger partial charge is 0.360 e. The van der Waals surface area contributed by atoms with E-state index in [1.54, 1.807) is 26.1 Å². The Morgan fingerprint density at radius 1 is 1.12 bits per heavy atom. The third-order valence-electron chi connectivity index (χ3n) is 5.11. The van der Waals surface area contributed by atoms with E-state index in [0.29, 0.717) is 29.4 Å². The third kappa shape index (κ3) is 7.16. The Bertz CT molecular complexity index is 1110. The minimum atomic E-state index is -4.39. The van der Waals surface area contributed by atoms with Gasteiger partial charge in [0.1, 0.15) is 11.5 Å². The van der Waals surface area contributed by atoms with Crippen molar-refractivity contribution in [3.63, 3.8) is 0 Å². The van der Waals surface area contributed by atoms with Crippen LogP contribution in [-0.4, -0.2) is 38.9 Å². The van der Waals surface area contributed by atoms with Gasteiger partial charge in [0.15, 0.2) is 11.6 Å². The van der Waals surface area contributed by atoms with Gasteiger partial charge in [-0.15, -0.1) is 0 Å². The lowest BCUT2D eigenvalue weighted by molar-refractivity contribution is -0.143. The Labute approximate surface area is 195 Å². The fourth-order valence-electron chi connectivity index (χ4n) is 3.30. The van der Waals surface area contributed by atoms with Crippen LogP contribution in [0.1, 0.15) is 42.7 Å². The number of hydrogen-bond donors (Lipinski definition) is 3. The number of hydrogen-bond acceptors (Lipinski definition) is 5. The molecule has 1 amide bonds. The van der Waals surface area contributed by atoms with Crippen LogP contribution in [0.3, 0.4) is 0 Å². The second kappa shape index (κ2) is 11.0. The largest absolute Gasteiger partial charge is 0.389 e. The predicted octanol–water partition coefficient (Wildman–Crippen LogP) is 4.75. The van der Waals surface area contributed by atoms with E-state index in [1.165, 1.54) is 12.3 Å².